The van der Waals surface area contributed by atoms with Gasteiger partial charge in [-0.3, -0.25) is 29.0 Å². The molecule has 0 saturated heterocycles. The van der Waals surface area contributed by atoms with Crippen molar-refractivity contribution in [3.05, 3.63) is 209 Å². The molecule has 3 radical (unpaired) electrons. The SMILES string of the molecule is CCCCCCc1cc(C)c(-n2nc(C)nc2-c2[c-]cccc2)c(C)c1.CCCc1nc(-c2[c-]ccc(-c3cc(-c4ccc(C(C)(C)C)cc4)cc(-c4ccc(C(C)(C)C)cc4)c3)c2)n(C)n1.CCCc1nc(-c2[c-]cccc2)n(C)n1.[Ir].[Ir].[Ir]. The summed E-state index contributed by atoms with van der Waals surface area (Å²) in [6.45, 7) is 26.4. The summed E-state index contributed by atoms with van der Waals surface area (Å²) >= 11 is 0. The molecule has 0 bridgehead atoms. The molecule has 10 rings (SSSR count). The summed E-state index contributed by atoms with van der Waals surface area (Å²) in [7, 11) is 3.88. The minimum Gasteiger partial charge on any atom is -0.289 e. The van der Waals surface area contributed by atoms with Gasteiger partial charge in [-0.1, -0.05) is 142 Å². The maximum Gasteiger partial charge on any atom is 0.140 e. The second-order valence-corrected chi connectivity index (χ2v) is 23.7. The number of hydrogen-bond donors (Lipinski definition) is 0. The third kappa shape index (κ3) is 18.5. The Hall–Kier alpha value is -6.09. The van der Waals surface area contributed by atoms with Crippen LogP contribution < -0.4 is 0 Å². The number of aromatic nitrogens is 9. The van der Waals surface area contributed by atoms with Gasteiger partial charge in [-0.05, 0) is 131 Å². The van der Waals surface area contributed by atoms with E-state index in [2.05, 4.69) is 211 Å². The minimum absolute atomic E-state index is 0. The van der Waals surface area contributed by atoms with E-state index in [0.29, 0.717) is 0 Å². The largest absolute Gasteiger partial charge is 0.289 e. The first-order valence-corrected chi connectivity index (χ1v) is 29.5. The Morgan fingerprint density at radius 2 is 0.871 bits per heavy atom. The van der Waals surface area contributed by atoms with Gasteiger partial charge in [-0.2, -0.15) is 15.3 Å². The van der Waals surface area contributed by atoms with Crippen molar-refractivity contribution in [1.82, 2.24) is 44.3 Å². The van der Waals surface area contributed by atoms with Crippen LogP contribution in [0.5, 0.6) is 0 Å². The van der Waals surface area contributed by atoms with Crippen molar-refractivity contribution >= 4 is 0 Å². The Kier molecular flexibility index (Phi) is 26.3. The van der Waals surface area contributed by atoms with E-state index < -0.39 is 0 Å². The van der Waals surface area contributed by atoms with Gasteiger partial charge in [0.1, 0.15) is 17.5 Å². The van der Waals surface area contributed by atoms with Gasteiger partial charge in [-0.15, -0.1) is 107 Å². The van der Waals surface area contributed by atoms with Crippen molar-refractivity contribution in [3.63, 3.8) is 0 Å². The van der Waals surface area contributed by atoms with Crippen LogP contribution in [0.3, 0.4) is 0 Å². The van der Waals surface area contributed by atoms with Crippen molar-refractivity contribution in [3.8, 4) is 73.2 Å². The molecule has 9 nitrogen and oxygen atoms in total. The zero-order chi connectivity index (χ0) is 58.6. The van der Waals surface area contributed by atoms with E-state index in [1.54, 1.807) is 0 Å². The fraction of sp³-hybridized carbons (Fsp3) is 0.342. The van der Waals surface area contributed by atoms with Crippen LogP contribution in [0.15, 0.2) is 146 Å². The summed E-state index contributed by atoms with van der Waals surface area (Å²) in [6, 6.07) is 61.5. The summed E-state index contributed by atoms with van der Waals surface area (Å²) in [5.41, 5.74) is 18.0. The molecule has 0 amide bonds. The van der Waals surface area contributed by atoms with Gasteiger partial charge < -0.3 is 0 Å². The zero-order valence-corrected chi connectivity index (χ0v) is 59.4. The number of hydrogen-bond acceptors (Lipinski definition) is 6. The molecule has 0 aliphatic rings. The first-order chi connectivity index (χ1) is 39.3. The van der Waals surface area contributed by atoms with E-state index >= 15 is 0 Å². The van der Waals surface area contributed by atoms with Crippen LogP contribution in [-0.2, 0) is 105 Å². The smallest absolute Gasteiger partial charge is 0.140 e. The van der Waals surface area contributed by atoms with Crippen molar-refractivity contribution in [1.29, 1.82) is 0 Å². The summed E-state index contributed by atoms with van der Waals surface area (Å²) in [4.78, 5) is 14.0. The molecule has 3 aromatic heterocycles. The van der Waals surface area contributed by atoms with Crippen LogP contribution in [0.1, 0.15) is 146 Å². The maximum absolute atomic E-state index is 4.81. The van der Waals surface area contributed by atoms with Crippen molar-refractivity contribution in [2.24, 2.45) is 14.1 Å². The van der Waals surface area contributed by atoms with E-state index in [0.717, 1.165) is 95.0 Å². The fourth-order valence-electron chi connectivity index (χ4n) is 10.3. The van der Waals surface area contributed by atoms with Gasteiger partial charge in [0.2, 0.25) is 0 Å². The maximum atomic E-state index is 4.81. The molecule has 451 valence electrons. The molecular weight excluding hydrogens is 1580 g/mol. The molecule has 12 heteroatoms. The van der Waals surface area contributed by atoms with Crippen LogP contribution in [-0.4, -0.2) is 44.3 Å². The molecule has 85 heavy (non-hydrogen) atoms. The van der Waals surface area contributed by atoms with E-state index in [9.17, 15) is 0 Å². The number of nitrogens with zero attached hydrogens (tertiary/aromatic N) is 9. The van der Waals surface area contributed by atoms with Crippen molar-refractivity contribution in [2.75, 3.05) is 0 Å². The summed E-state index contributed by atoms with van der Waals surface area (Å²) in [6.07, 6.45) is 10.2. The molecule has 0 fully saturated rings. The number of unbranched alkanes of at least 4 members (excludes halogenated alkanes) is 3. The third-order valence-corrected chi connectivity index (χ3v) is 14.7. The van der Waals surface area contributed by atoms with E-state index in [1.165, 1.54) is 81.3 Å². The summed E-state index contributed by atoms with van der Waals surface area (Å²) in [5, 5.41) is 13.7. The second kappa shape index (κ2) is 32.1. The second-order valence-electron chi connectivity index (χ2n) is 23.7. The number of rotatable bonds is 16. The Balaban J connectivity index is 0.000000256. The predicted molar refractivity (Wildman–Crippen MR) is 340 cm³/mol. The Morgan fingerprint density at radius 3 is 1.32 bits per heavy atom. The predicted octanol–water partition coefficient (Wildman–Crippen LogP) is 17.8. The zero-order valence-electron chi connectivity index (χ0n) is 52.2. The van der Waals surface area contributed by atoms with Crippen LogP contribution in [0, 0.1) is 39.0 Å². The van der Waals surface area contributed by atoms with Gasteiger partial charge in [0.15, 0.2) is 0 Å². The molecule has 10 aromatic rings. The Labute approximate surface area is 548 Å². The molecule has 3 heterocycles. The van der Waals surface area contributed by atoms with Crippen LogP contribution in [0.25, 0.3) is 73.2 Å². The molecule has 7 aromatic carbocycles. The fourth-order valence-corrected chi connectivity index (χ4v) is 10.3. The van der Waals surface area contributed by atoms with Gasteiger partial charge >= 0.3 is 0 Å². The molecule has 0 N–H and O–H groups in total. The third-order valence-electron chi connectivity index (χ3n) is 14.7. The average molecular weight is 1660 g/mol. The first kappa shape index (κ1) is 69.7. The van der Waals surface area contributed by atoms with Crippen LogP contribution >= 0.6 is 0 Å². The van der Waals surface area contributed by atoms with E-state index in [1.807, 2.05) is 89.7 Å². The Morgan fingerprint density at radius 1 is 0.412 bits per heavy atom. The Bertz CT molecular complexity index is 3560. The minimum atomic E-state index is 0. The quantitative estimate of drug-likeness (QED) is 0.0707. The standard InChI is InChI=1S/C38H42N3.C23H28N3.C12H14N3.3Ir/c1-9-11-35-39-36(41(8)40-35)29-13-10-12-28(22-29)32-24-30(26-14-18-33(19-15-26)37(2,3)4)23-31(25-32)27-16-20-34(21-17-27)38(5,6)7;1-5-6-7-9-12-20-15-17(2)22(18(3)16-20)26-23(24-19(4)25-26)21-13-10-8-11-14-21;1-3-7-11-13-12(15(2)14-11)10-8-5-4-6-9-10;;;/h10,12,14-25H,9,11H2,1-8H3;8,10-11,13,15-16H,5-7,9,12H2,1-4H3;4-6,8H,3,7H2,1-2H3;;;/q3*-1;;;. The van der Waals surface area contributed by atoms with Gasteiger partial charge in [0, 0.05) is 87.3 Å². The molecule has 0 unspecified atom stereocenters. The molecule has 0 aliphatic carbocycles. The van der Waals surface area contributed by atoms with Crippen molar-refractivity contribution < 1.29 is 60.3 Å². The summed E-state index contributed by atoms with van der Waals surface area (Å²) in [5.74, 6) is 5.16. The van der Waals surface area contributed by atoms with Gasteiger partial charge in [-0.25, -0.2) is 0 Å². The first-order valence-electron chi connectivity index (χ1n) is 29.5. The van der Waals surface area contributed by atoms with Gasteiger partial charge in [0.25, 0.3) is 0 Å². The molecular formula is C73H84Ir3N9-3. The molecule has 0 saturated carbocycles. The number of aryl methyl sites for hydroxylation is 8. The summed E-state index contributed by atoms with van der Waals surface area (Å²) < 4.78 is 5.67. The van der Waals surface area contributed by atoms with Crippen LogP contribution in [0.4, 0.5) is 0 Å². The normalized spacial score (nSPS) is 11.1. The molecule has 0 spiro atoms. The van der Waals surface area contributed by atoms with Crippen molar-refractivity contribution in [2.45, 2.75) is 152 Å². The molecule has 0 atom stereocenters. The number of benzene rings is 7. The monoisotopic (exact) mass is 1670 g/mol. The van der Waals surface area contributed by atoms with E-state index in [-0.39, 0.29) is 71.1 Å². The molecule has 0 aliphatic heterocycles. The van der Waals surface area contributed by atoms with Crippen LogP contribution in [0.2, 0.25) is 0 Å². The van der Waals surface area contributed by atoms with E-state index in [4.69, 9.17) is 4.98 Å². The topological polar surface area (TPSA) is 92.1 Å². The average Bonchev–Trinajstić information content (AvgIpc) is 4.31. The van der Waals surface area contributed by atoms with Gasteiger partial charge in [0.05, 0.1) is 23.2 Å².